The Morgan fingerprint density at radius 2 is 1.82 bits per heavy atom. The third-order valence-electron chi connectivity index (χ3n) is 2.72. The van der Waals surface area contributed by atoms with Gasteiger partial charge in [-0.2, -0.15) is 0 Å². The van der Waals surface area contributed by atoms with Crippen molar-refractivity contribution in [2.45, 2.75) is 20.3 Å². The maximum Gasteiger partial charge on any atom is 0.225 e. The minimum Gasteiger partial charge on any atom is -0.338 e. The molecule has 1 aromatic carbocycles. The molecule has 0 saturated heterocycles. The third-order valence-corrected chi connectivity index (χ3v) is 3.27. The van der Waals surface area contributed by atoms with Crippen molar-refractivity contribution in [3.63, 3.8) is 0 Å². The molecular weight excluding hydrogens is 323 g/mol. The smallest absolute Gasteiger partial charge is 0.225 e. The zero-order chi connectivity index (χ0) is 16.1. The van der Waals surface area contributed by atoms with Gasteiger partial charge in [0.2, 0.25) is 5.91 Å². The standard InChI is InChI=1S/C15H16Cl2N4O/c1-9(2)7-15(22)19-14-6-5-13(20-21-14)18-12-4-3-10(16)8-11(12)17/h3-6,8-9H,7H2,1-2H3,(H,18,20)(H,19,21,22). The van der Waals surface area contributed by atoms with Crippen LogP contribution in [0, 0.1) is 5.92 Å². The first-order chi connectivity index (χ1) is 10.4. The summed E-state index contributed by atoms with van der Waals surface area (Å²) in [7, 11) is 0. The lowest BCUT2D eigenvalue weighted by Crippen LogP contribution is -2.15. The molecule has 116 valence electrons. The highest BCUT2D eigenvalue weighted by atomic mass is 35.5. The Hall–Kier alpha value is -1.85. The lowest BCUT2D eigenvalue weighted by atomic mass is 10.1. The Balaban J connectivity index is 2.01. The summed E-state index contributed by atoms with van der Waals surface area (Å²) in [5, 5.41) is 14.7. The van der Waals surface area contributed by atoms with Crippen LogP contribution in [0.5, 0.6) is 0 Å². The van der Waals surface area contributed by atoms with E-state index >= 15 is 0 Å². The summed E-state index contributed by atoms with van der Waals surface area (Å²) < 4.78 is 0. The van der Waals surface area contributed by atoms with Crippen LogP contribution in [-0.2, 0) is 4.79 Å². The fraction of sp³-hybridized carbons (Fsp3) is 0.267. The highest BCUT2D eigenvalue weighted by Crippen LogP contribution is 2.27. The number of rotatable bonds is 5. The van der Waals surface area contributed by atoms with Crippen molar-refractivity contribution >= 4 is 46.4 Å². The van der Waals surface area contributed by atoms with Gasteiger partial charge in [-0.25, -0.2) is 0 Å². The van der Waals surface area contributed by atoms with Crippen LogP contribution >= 0.6 is 23.2 Å². The van der Waals surface area contributed by atoms with E-state index in [9.17, 15) is 4.79 Å². The molecular formula is C15H16Cl2N4O. The molecule has 0 aliphatic heterocycles. The van der Waals surface area contributed by atoms with Gasteiger partial charge in [0.1, 0.15) is 0 Å². The molecule has 1 amide bonds. The molecule has 0 bridgehead atoms. The summed E-state index contributed by atoms with van der Waals surface area (Å²) in [6.45, 7) is 3.96. The van der Waals surface area contributed by atoms with E-state index < -0.39 is 0 Å². The van der Waals surface area contributed by atoms with Gasteiger partial charge in [-0.05, 0) is 36.2 Å². The predicted octanol–water partition coefficient (Wildman–Crippen LogP) is 4.51. The number of carbonyl (C=O) groups is 1. The fourth-order valence-electron chi connectivity index (χ4n) is 1.76. The summed E-state index contributed by atoms with van der Waals surface area (Å²) in [6, 6.07) is 8.51. The van der Waals surface area contributed by atoms with E-state index in [1.54, 1.807) is 30.3 Å². The van der Waals surface area contributed by atoms with E-state index in [0.29, 0.717) is 39.7 Å². The number of anilines is 3. The molecule has 0 spiro atoms. The van der Waals surface area contributed by atoms with Gasteiger partial charge in [-0.15, -0.1) is 10.2 Å². The van der Waals surface area contributed by atoms with Gasteiger partial charge < -0.3 is 10.6 Å². The Morgan fingerprint density at radius 3 is 2.41 bits per heavy atom. The third kappa shape index (κ3) is 4.86. The van der Waals surface area contributed by atoms with Crippen LogP contribution in [-0.4, -0.2) is 16.1 Å². The molecule has 0 aliphatic rings. The number of carbonyl (C=O) groups excluding carboxylic acids is 1. The highest BCUT2D eigenvalue weighted by molar-refractivity contribution is 6.36. The van der Waals surface area contributed by atoms with Crippen molar-refractivity contribution < 1.29 is 4.79 Å². The maximum absolute atomic E-state index is 11.7. The van der Waals surface area contributed by atoms with Gasteiger partial charge in [0.15, 0.2) is 11.6 Å². The zero-order valence-electron chi connectivity index (χ0n) is 12.2. The van der Waals surface area contributed by atoms with Crippen molar-refractivity contribution in [1.29, 1.82) is 0 Å². The number of hydrogen-bond donors (Lipinski definition) is 2. The molecule has 0 saturated carbocycles. The largest absolute Gasteiger partial charge is 0.338 e. The molecule has 2 aromatic rings. The van der Waals surface area contributed by atoms with Crippen molar-refractivity contribution in [3.05, 3.63) is 40.4 Å². The summed E-state index contributed by atoms with van der Waals surface area (Å²) in [5.41, 5.74) is 0.678. The predicted molar refractivity (Wildman–Crippen MR) is 89.9 cm³/mol. The number of benzene rings is 1. The summed E-state index contributed by atoms with van der Waals surface area (Å²) in [6.07, 6.45) is 0.446. The topological polar surface area (TPSA) is 66.9 Å². The van der Waals surface area contributed by atoms with E-state index in [1.807, 2.05) is 13.8 Å². The van der Waals surface area contributed by atoms with Crippen LogP contribution in [0.1, 0.15) is 20.3 Å². The number of nitrogens with zero attached hydrogens (tertiary/aromatic N) is 2. The van der Waals surface area contributed by atoms with E-state index in [-0.39, 0.29) is 5.91 Å². The Bertz CT molecular complexity index is 659. The summed E-state index contributed by atoms with van der Waals surface area (Å²) in [4.78, 5) is 11.7. The Morgan fingerprint density at radius 1 is 1.14 bits per heavy atom. The molecule has 0 fully saturated rings. The zero-order valence-corrected chi connectivity index (χ0v) is 13.7. The molecule has 0 aliphatic carbocycles. The molecule has 1 aromatic heterocycles. The first kappa shape index (κ1) is 16.5. The van der Waals surface area contributed by atoms with Crippen LogP contribution in [0.15, 0.2) is 30.3 Å². The molecule has 7 heteroatoms. The van der Waals surface area contributed by atoms with Crippen LogP contribution in [0.3, 0.4) is 0 Å². The second-order valence-electron chi connectivity index (χ2n) is 5.20. The van der Waals surface area contributed by atoms with Crippen molar-refractivity contribution in [2.75, 3.05) is 10.6 Å². The molecule has 0 unspecified atom stereocenters. The lowest BCUT2D eigenvalue weighted by Gasteiger charge is -2.09. The molecule has 1 heterocycles. The molecule has 2 rings (SSSR count). The maximum atomic E-state index is 11.7. The van der Waals surface area contributed by atoms with Crippen LogP contribution in [0.4, 0.5) is 17.3 Å². The van der Waals surface area contributed by atoms with Crippen molar-refractivity contribution in [1.82, 2.24) is 10.2 Å². The number of halogens is 2. The van der Waals surface area contributed by atoms with Gasteiger partial charge in [-0.1, -0.05) is 37.0 Å². The second-order valence-corrected chi connectivity index (χ2v) is 6.04. The van der Waals surface area contributed by atoms with Crippen molar-refractivity contribution in [2.24, 2.45) is 5.92 Å². The van der Waals surface area contributed by atoms with Crippen LogP contribution in [0.25, 0.3) is 0 Å². The van der Waals surface area contributed by atoms with E-state index in [2.05, 4.69) is 20.8 Å². The fourth-order valence-corrected chi connectivity index (χ4v) is 2.21. The SMILES string of the molecule is CC(C)CC(=O)Nc1ccc(Nc2ccc(Cl)cc2Cl)nn1. The first-order valence-corrected chi connectivity index (χ1v) is 7.55. The number of amides is 1. The Labute approximate surface area is 139 Å². The molecule has 0 atom stereocenters. The van der Waals surface area contributed by atoms with Gasteiger partial charge in [0.25, 0.3) is 0 Å². The normalized spacial score (nSPS) is 10.6. The quantitative estimate of drug-likeness (QED) is 0.841. The van der Waals surface area contributed by atoms with Gasteiger partial charge in [-0.3, -0.25) is 4.79 Å². The second kappa shape index (κ2) is 7.42. The number of hydrogen-bond acceptors (Lipinski definition) is 4. The monoisotopic (exact) mass is 338 g/mol. The van der Waals surface area contributed by atoms with E-state index in [0.717, 1.165) is 0 Å². The molecule has 2 N–H and O–H groups in total. The van der Waals surface area contributed by atoms with Crippen LogP contribution < -0.4 is 10.6 Å². The number of nitrogens with one attached hydrogen (secondary N) is 2. The van der Waals surface area contributed by atoms with Crippen LogP contribution in [0.2, 0.25) is 10.0 Å². The molecule has 5 nitrogen and oxygen atoms in total. The van der Waals surface area contributed by atoms with E-state index in [4.69, 9.17) is 23.2 Å². The van der Waals surface area contributed by atoms with Gasteiger partial charge >= 0.3 is 0 Å². The molecule has 0 radical (unpaired) electrons. The van der Waals surface area contributed by atoms with E-state index in [1.165, 1.54) is 0 Å². The van der Waals surface area contributed by atoms with Gasteiger partial charge in [0.05, 0.1) is 10.7 Å². The average Bonchev–Trinajstić information content (AvgIpc) is 2.43. The number of aromatic nitrogens is 2. The summed E-state index contributed by atoms with van der Waals surface area (Å²) in [5.74, 6) is 1.15. The Kier molecular flexibility index (Phi) is 5.57. The van der Waals surface area contributed by atoms with Crippen molar-refractivity contribution in [3.8, 4) is 0 Å². The minimum atomic E-state index is -0.0780. The minimum absolute atomic E-state index is 0.0780. The van der Waals surface area contributed by atoms with Gasteiger partial charge in [0, 0.05) is 11.4 Å². The summed E-state index contributed by atoms with van der Waals surface area (Å²) >= 11 is 11.9. The molecule has 22 heavy (non-hydrogen) atoms. The average molecular weight is 339 g/mol. The first-order valence-electron chi connectivity index (χ1n) is 6.79. The highest BCUT2D eigenvalue weighted by Gasteiger charge is 2.07. The lowest BCUT2D eigenvalue weighted by molar-refractivity contribution is -0.116.